The number of phenolic OH excluding ortho intramolecular Hbond substituents is 2. The Morgan fingerprint density at radius 1 is 1.10 bits per heavy atom. The minimum Gasteiger partial charge on any atom is -1.00 e. The predicted octanol–water partition coefficient (Wildman–Crippen LogP) is -4.49. The lowest BCUT2D eigenvalue weighted by Crippen LogP contribution is -3.00. The Hall–Kier alpha value is -4.75. The molecule has 18 heteroatoms. The molecule has 52 heavy (non-hydrogen) atoms. The van der Waals surface area contributed by atoms with E-state index in [0.717, 1.165) is 17.1 Å². The summed E-state index contributed by atoms with van der Waals surface area (Å²) in [4.78, 5) is 64.9. The second kappa shape index (κ2) is 14.7. The van der Waals surface area contributed by atoms with Gasteiger partial charge in [-0.1, -0.05) is 12.1 Å². The molecular formula is C34H37ClN4O13. The van der Waals surface area contributed by atoms with Crippen LogP contribution >= 0.6 is 0 Å². The number of hydrazone groups is 1. The Morgan fingerprint density at radius 2 is 1.77 bits per heavy atom. The minimum atomic E-state index is -2.20. The highest BCUT2D eigenvalue weighted by Crippen LogP contribution is 2.52. The van der Waals surface area contributed by atoms with Gasteiger partial charge in [0.2, 0.25) is 11.7 Å². The van der Waals surface area contributed by atoms with Crippen LogP contribution in [0.5, 0.6) is 17.2 Å². The highest BCUT2D eigenvalue weighted by Gasteiger charge is 2.50. The average molecular weight is 745 g/mol. The Balaban J connectivity index is 0.00000523. The highest BCUT2D eigenvalue weighted by molar-refractivity contribution is 6.31. The Morgan fingerprint density at radius 3 is 2.40 bits per heavy atom. The number of ketones is 2. The molecule has 17 nitrogen and oxygen atoms in total. The standard InChI is InChI=1S/C34H36N4O13.ClH/c1-14-29(43)17(35)10-24(50-14)51-19-12-34(48,20(13-39)36-37-21(40)8-9-38-22(41)6-7-23(38)42)11-16-26(19)33(47)28-27(31(16)45)30(44)15-4-3-5-18(49-2)25(15)32(28)46;/h3-7,14,17,19,24,29,39,43,45,47-48H,8-13,35H2,1-2H3,(H,37,40);1H/b36-20+;/t14-,17-,19-,24-,29+,34-;/m0./s1. The molecule has 9 N–H and O–H groups in total. The number of amides is 3. The zero-order valence-electron chi connectivity index (χ0n) is 28.0. The summed E-state index contributed by atoms with van der Waals surface area (Å²) >= 11 is 0. The van der Waals surface area contributed by atoms with Gasteiger partial charge in [-0.2, -0.15) is 5.10 Å². The number of ether oxygens (including phenoxy) is 3. The van der Waals surface area contributed by atoms with E-state index in [4.69, 9.17) is 14.2 Å². The molecule has 2 aromatic rings. The normalized spacial score (nSPS) is 26.8. The van der Waals surface area contributed by atoms with Crippen LogP contribution in [0.4, 0.5) is 0 Å². The number of aliphatic hydroxyl groups is 3. The van der Waals surface area contributed by atoms with Crippen molar-refractivity contribution >= 4 is 35.0 Å². The lowest BCUT2D eigenvalue weighted by atomic mass is 9.71. The first-order valence-electron chi connectivity index (χ1n) is 16.1. The van der Waals surface area contributed by atoms with Crippen LogP contribution in [0, 0.1) is 0 Å². The smallest absolute Gasteiger partial charge is 0.253 e. The van der Waals surface area contributed by atoms with Crippen LogP contribution in [0.15, 0.2) is 35.5 Å². The van der Waals surface area contributed by atoms with Crippen LogP contribution in [0.2, 0.25) is 0 Å². The molecule has 0 unspecified atom stereocenters. The molecule has 0 radical (unpaired) electrons. The number of aromatic hydroxyl groups is 2. The molecule has 3 amide bonds. The first-order chi connectivity index (χ1) is 24.2. The molecule has 2 aromatic carbocycles. The van der Waals surface area contributed by atoms with Crippen molar-refractivity contribution in [1.29, 1.82) is 0 Å². The number of quaternary nitrogens is 1. The van der Waals surface area contributed by atoms with Crippen LogP contribution in [0.1, 0.15) is 75.3 Å². The van der Waals surface area contributed by atoms with Crippen molar-refractivity contribution in [2.75, 3.05) is 20.3 Å². The number of methoxy groups -OCH3 is 1. The maximum Gasteiger partial charge on any atom is 0.253 e. The van der Waals surface area contributed by atoms with Gasteiger partial charge in [0.05, 0.1) is 54.7 Å². The van der Waals surface area contributed by atoms with Gasteiger partial charge in [0, 0.05) is 54.6 Å². The molecule has 2 aliphatic heterocycles. The second-order valence-corrected chi connectivity index (χ2v) is 12.8. The summed E-state index contributed by atoms with van der Waals surface area (Å²) in [5.74, 6) is -4.88. The van der Waals surface area contributed by atoms with Gasteiger partial charge < -0.3 is 57.9 Å². The summed E-state index contributed by atoms with van der Waals surface area (Å²) in [7, 11) is 1.31. The van der Waals surface area contributed by atoms with Gasteiger partial charge in [-0.3, -0.25) is 28.9 Å². The molecule has 0 bridgehead atoms. The number of halogens is 1. The zero-order chi connectivity index (χ0) is 36.9. The molecule has 278 valence electrons. The van der Waals surface area contributed by atoms with E-state index in [0.29, 0.717) is 0 Å². The molecule has 0 spiro atoms. The third-order valence-corrected chi connectivity index (χ3v) is 9.68. The molecule has 0 aromatic heterocycles. The monoisotopic (exact) mass is 744 g/mol. The molecular weight excluding hydrogens is 708 g/mol. The summed E-state index contributed by atoms with van der Waals surface area (Å²) < 4.78 is 17.4. The van der Waals surface area contributed by atoms with E-state index < -0.39 is 113 Å². The third-order valence-electron chi connectivity index (χ3n) is 9.68. The Bertz CT molecular complexity index is 1890. The largest absolute Gasteiger partial charge is 1.00 e. The van der Waals surface area contributed by atoms with Crippen LogP contribution in [0.25, 0.3) is 0 Å². The molecule has 6 rings (SSSR count). The summed E-state index contributed by atoms with van der Waals surface area (Å²) in [5.41, 5.74) is 2.00. The van der Waals surface area contributed by atoms with E-state index in [1.165, 1.54) is 25.3 Å². The predicted molar refractivity (Wildman–Crippen MR) is 172 cm³/mol. The first-order valence-corrected chi connectivity index (χ1v) is 16.1. The maximum atomic E-state index is 13.9. The Labute approximate surface area is 302 Å². The van der Waals surface area contributed by atoms with Crippen molar-refractivity contribution in [3.63, 3.8) is 0 Å². The number of nitrogens with one attached hydrogen (secondary N) is 1. The lowest BCUT2D eigenvalue weighted by molar-refractivity contribution is -0.466. The van der Waals surface area contributed by atoms with Crippen molar-refractivity contribution in [3.8, 4) is 17.2 Å². The fourth-order valence-electron chi connectivity index (χ4n) is 7.01. The highest BCUT2D eigenvalue weighted by atomic mass is 35.5. The molecule has 4 aliphatic rings. The number of rotatable bonds is 9. The number of fused-ring (bicyclic) bond motifs is 3. The van der Waals surface area contributed by atoms with E-state index in [1.54, 1.807) is 6.92 Å². The van der Waals surface area contributed by atoms with Gasteiger partial charge in [0.1, 0.15) is 35.0 Å². The van der Waals surface area contributed by atoms with Crippen LogP contribution in [-0.2, 0) is 30.3 Å². The number of benzene rings is 2. The Kier molecular flexibility index (Phi) is 10.9. The number of hydrogen-bond acceptors (Lipinski definition) is 14. The van der Waals surface area contributed by atoms with E-state index in [9.17, 15) is 49.5 Å². The number of aliphatic hydroxyl groups excluding tert-OH is 2. The maximum absolute atomic E-state index is 13.9. The van der Waals surface area contributed by atoms with E-state index in [1.807, 2.05) is 0 Å². The fraction of sp³-hybridized carbons (Fsp3) is 0.412. The van der Waals surface area contributed by atoms with Crippen LogP contribution in [0.3, 0.4) is 0 Å². The van der Waals surface area contributed by atoms with Gasteiger partial charge in [0.15, 0.2) is 12.1 Å². The quantitative estimate of drug-likeness (QED) is 0.0472. The summed E-state index contributed by atoms with van der Waals surface area (Å²) in [6.45, 7) is 0.428. The van der Waals surface area contributed by atoms with Crippen LogP contribution < -0.4 is 28.3 Å². The van der Waals surface area contributed by atoms with Crippen molar-refractivity contribution in [3.05, 3.63) is 63.7 Å². The average Bonchev–Trinajstić information content (AvgIpc) is 3.42. The SMILES string of the molecule is COc1cccc2c1C(=O)c1c(O)c3c(c(O)c1C2=O)C[C@@](O)(/C(CO)=N/NC(=O)CCN1C(=O)C=CC1=O)C[C@@H]3O[C@H]1C[C@H]([NH3+])[C@H](O)[C@H](C)O1.[Cl-]. The van der Waals surface area contributed by atoms with E-state index >= 15 is 0 Å². The molecule has 6 atom stereocenters. The number of carbonyl (C=O) groups excluding carboxylic acids is 5. The van der Waals surface area contributed by atoms with Gasteiger partial charge >= 0.3 is 0 Å². The number of phenols is 2. The molecule has 0 saturated carbocycles. The fourth-order valence-corrected chi connectivity index (χ4v) is 7.01. The molecule has 2 heterocycles. The first kappa shape index (κ1) is 38.5. The van der Waals surface area contributed by atoms with Gasteiger partial charge in [0.25, 0.3) is 11.8 Å². The molecule has 2 aliphatic carbocycles. The zero-order valence-corrected chi connectivity index (χ0v) is 28.8. The summed E-state index contributed by atoms with van der Waals surface area (Å²) in [5, 5.41) is 60.3. The van der Waals surface area contributed by atoms with Crippen molar-refractivity contribution in [2.24, 2.45) is 5.10 Å². The number of imide groups is 1. The second-order valence-electron chi connectivity index (χ2n) is 12.8. The van der Waals surface area contributed by atoms with Gasteiger partial charge in [-0.25, -0.2) is 5.43 Å². The van der Waals surface area contributed by atoms with Crippen LogP contribution in [-0.4, -0.2) is 116 Å². The van der Waals surface area contributed by atoms with Crippen molar-refractivity contribution in [1.82, 2.24) is 10.3 Å². The summed E-state index contributed by atoms with van der Waals surface area (Å²) in [6, 6.07) is 3.79. The van der Waals surface area contributed by atoms with Crippen molar-refractivity contribution in [2.45, 2.75) is 68.9 Å². The molecule has 1 fully saturated rings. The van der Waals surface area contributed by atoms with E-state index in [2.05, 4.69) is 16.3 Å². The minimum absolute atomic E-state index is 0. The number of carbonyl (C=O) groups is 5. The summed E-state index contributed by atoms with van der Waals surface area (Å²) in [6.07, 6.45) is -3.28. The van der Waals surface area contributed by atoms with Crippen molar-refractivity contribution < 1.29 is 81.9 Å². The van der Waals surface area contributed by atoms with Gasteiger partial charge in [-0.15, -0.1) is 0 Å². The topological polar surface area (TPSA) is 269 Å². The number of hydrogen-bond donors (Lipinski definition) is 7. The van der Waals surface area contributed by atoms with E-state index in [-0.39, 0.29) is 59.8 Å². The third kappa shape index (κ3) is 6.56. The molecule has 1 saturated heterocycles. The lowest BCUT2D eigenvalue weighted by Gasteiger charge is -2.42. The van der Waals surface area contributed by atoms with Gasteiger partial charge in [-0.05, 0) is 13.0 Å². The number of nitrogens with zero attached hydrogens (tertiary/aromatic N) is 2.